The van der Waals surface area contributed by atoms with Gasteiger partial charge in [-0.2, -0.15) is 5.10 Å². The van der Waals surface area contributed by atoms with Gasteiger partial charge < -0.3 is 5.32 Å². The molecule has 20 heavy (non-hydrogen) atoms. The summed E-state index contributed by atoms with van der Waals surface area (Å²) in [5, 5.41) is 7.97. The average Bonchev–Trinajstić information content (AvgIpc) is 2.82. The van der Waals surface area contributed by atoms with Crippen molar-refractivity contribution in [2.24, 2.45) is 0 Å². The van der Waals surface area contributed by atoms with E-state index >= 15 is 0 Å². The molecule has 1 rings (SSSR count). The van der Waals surface area contributed by atoms with E-state index in [2.05, 4.69) is 48.9 Å². The molecule has 0 saturated heterocycles. The Morgan fingerprint density at radius 1 is 1.05 bits per heavy atom. The normalized spacial score (nSPS) is 12.0. The van der Waals surface area contributed by atoms with Crippen LogP contribution in [0.1, 0.15) is 78.3 Å². The largest absolute Gasteiger partial charge is 0.306 e. The average molecular weight is 279 g/mol. The zero-order chi connectivity index (χ0) is 14.8. The first-order valence-corrected chi connectivity index (χ1v) is 8.28. The van der Waals surface area contributed by atoms with Gasteiger partial charge >= 0.3 is 0 Å². The van der Waals surface area contributed by atoms with E-state index in [1.807, 2.05) is 6.20 Å². The zero-order valence-electron chi connectivity index (χ0n) is 13.9. The van der Waals surface area contributed by atoms with Crippen molar-refractivity contribution in [3.63, 3.8) is 0 Å². The van der Waals surface area contributed by atoms with Crippen LogP contribution in [0.25, 0.3) is 0 Å². The minimum absolute atomic E-state index is 0.161. The molecule has 0 spiro atoms. The van der Waals surface area contributed by atoms with E-state index in [4.69, 9.17) is 0 Å². The molecule has 1 heterocycles. The fourth-order valence-electron chi connectivity index (χ4n) is 2.29. The maximum Gasteiger partial charge on any atom is 0.0522 e. The van der Waals surface area contributed by atoms with E-state index in [-0.39, 0.29) is 5.54 Å². The number of unbranched alkanes of at least 4 members (excludes halogenated alkanes) is 6. The van der Waals surface area contributed by atoms with Crippen LogP contribution in [0.4, 0.5) is 0 Å². The fourth-order valence-corrected chi connectivity index (χ4v) is 2.29. The van der Waals surface area contributed by atoms with Gasteiger partial charge in [-0.1, -0.05) is 45.4 Å². The zero-order valence-corrected chi connectivity index (χ0v) is 13.9. The molecule has 0 saturated carbocycles. The van der Waals surface area contributed by atoms with E-state index in [1.54, 1.807) is 0 Å². The molecule has 0 radical (unpaired) electrons. The molecule has 0 unspecified atom stereocenters. The SMILES string of the molecule is CCCCCCCCCn1nccc1CNC(C)(C)C. The lowest BCUT2D eigenvalue weighted by atomic mass is 10.1. The molecule has 1 aromatic rings. The Balaban J connectivity index is 2.19. The predicted octanol–water partition coefficient (Wildman–Crippen LogP) is 4.52. The van der Waals surface area contributed by atoms with Crippen LogP contribution in [0.15, 0.2) is 12.3 Å². The number of nitrogens with zero attached hydrogens (tertiary/aromatic N) is 2. The third-order valence-corrected chi connectivity index (χ3v) is 3.58. The summed E-state index contributed by atoms with van der Waals surface area (Å²) in [5.41, 5.74) is 1.46. The molecule has 0 amide bonds. The number of hydrogen-bond donors (Lipinski definition) is 1. The first-order valence-electron chi connectivity index (χ1n) is 8.28. The smallest absolute Gasteiger partial charge is 0.0522 e. The second-order valence-corrected chi connectivity index (χ2v) is 6.77. The van der Waals surface area contributed by atoms with Gasteiger partial charge in [0, 0.05) is 24.8 Å². The first-order chi connectivity index (χ1) is 9.53. The number of nitrogens with one attached hydrogen (secondary N) is 1. The molecule has 0 atom stereocenters. The van der Waals surface area contributed by atoms with Crippen LogP contribution in [-0.2, 0) is 13.1 Å². The Hall–Kier alpha value is -0.830. The first kappa shape index (κ1) is 17.2. The number of hydrogen-bond acceptors (Lipinski definition) is 2. The van der Waals surface area contributed by atoms with Gasteiger partial charge in [-0.15, -0.1) is 0 Å². The Kier molecular flexibility index (Phi) is 7.90. The van der Waals surface area contributed by atoms with E-state index in [0.29, 0.717) is 0 Å². The Morgan fingerprint density at radius 2 is 1.70 bits per heavy atom. The van der Waals surface area contributed by atoms with Crippen LogP contribution in [-0.4, -0.2) is 15.3 Å². The highest BCUT2D eigenvalue weighted by atomic mass is 15.3. The molecule has 3 heteroatoms. The van der Waals surface area contributed by atoms with Crippen molar-refractivity contribution in [3.8, 4) is 0 Å². The molecule has 0 aliphatic rings. The van der Waals surface area contributed by atoms with Crippen LogP contribution in [0.5, 0.6) is 0 Å². The molecule has 1 N–H and O–H groups in total. The lowest BCUT2D eigenvalue weighted by Crippen LogP contribution is -2.35. The summed E-state index contributed by atoms with van der Waals surface area (Å²) in [7, 11) is 0. The fraction of sp³-hybridized carbons (Fsp3) is 0.824. The van der Waals surface area contributed by atoms with Crippen molar-refractivity contribution in [1.82, 2.24) is 15.1 Å². The quantitative estimate of drug-likeness (QED) is 0.638. The van der Waals surface area contributed by atoms with Gasteiger partial charge in [0.1, 0.15) is 0 Å². The third-order valence-electron chi connectivity index (χ3n) is 3.58. The van der Waals surface area contributed by atoms with Gasteiger partial charge in [-0.25, -0.2) is 0 Å². The summed E-state index contributed by atoms with van der Waals surface area (Å²) in [5.74, 6) is 0. The van der Waals surface area contributed by atoms with Crippen LogP contribution in [0.2, 0.25) is 0 Å². The number of aryl methyl sites for hydroxylation is 1. The van der Waals surface area contributed by atoms with Gasteiger partial charge in [-0.05, 0) is 33.3 Å². The summed E-state index contributed by atoms with van der Waals surface area (Å²) in [6.45, 7) is 10.8. The topological polar surface area (TPSA) is 29.9 Å². The molecule has 0 fully saturated rings. The highest BCUT2D eigenvalue weighted by Crippen LogP contribution is 2.09. The summed E-state index contributed by atoms with van der Waals surface area (Å²) < 4.78 is 2.16. The van der Waals surface area contributed by atoms with Crippen molar-refractivity contribution in [1.29, 1.82) is 0 Å². The second-order valence-electron chi connectivity index (χ2n) is 6.77. The Morgan fingerprint density at radius 3 is 2.35 bits per heavy atom. The molecule has 1 aromatic heterocycles. The van der Waals surface area contributed by atoms with Crippen molar-refractivity contribution in [2.45, 2.75) is 91.3 Å². The van der Waals surface area contributed by atoms with Crippen molar-refractivity contribution in [3.05, 3.63) is 18.0 Å². The highest BCUT2D eigenvalue weighted by molar-refractivity contribution is 5.00. The van der Waals surface area contributed by atoms with Gasteiger partial charge in [0.05, 0.1) is 5.69 Å². The van der Waals surface area contributed by atoms with Crippen molar-refractivity contribution < 1.29 is 0 Å². The van der Waals surface area contributed by atoms with E-state index in [1.165, 1.54) is 50.6 Å². The van der Waals surface area contributed by atoms with Gasteiger partial charge in [0.25, 0.3) is 0 Å². The predicted molar refractivity (Wildman–Crippen MR) is 86.8 cm³/mol. The summed E-state index contributed by atoms with van der Waals surface area (Å²) in [6, 6.07) is 2.12. The Bertz CT molecular complexity index is 349. The highest BCUT2D eigenvalue weighted by Gasteiger charge is 2.10. The van der Waals surface area contributed by atoms with E-state index in [0.717, 1.165) is 13.1 Å². The minimum atomic E-state index is 0.161. The third kappa shape index (κ3) is 7.68. The lowest BCUT2D eigenvalue weighted by molar-refractivity contribution is 0.408. The van der Waals surface area contributed by atoms with Gasteiger partial charge in [-0.3, -0.25) is 4.68 Å². The molecule has 0 aliphatic heterocycles. The number of rotatable bonds is 10. The summed E-state index contributed by atoms with van der Waals surface area (Å²) in [4.78, 5) is 0. The van der Waals surface area contributed by atoms with Gasteiger partial charge in [0.2, 0.25) is 0 Å². The van der Waals surface area contributed by atoms with Crippen LogP contribution in [0.3, 0.4) is 0 Å². The maximum absolute atomic E-state index is 4.44. The maximum atomic E-state index is 4.44. The standard InChI is InChI=1S/C17H33N3/c1-5-6-7-8-9-10-11-14-20-16(12-13-19-20)15-18-17(2,3)4/h12-13,18H,5-11,14-15H2,1-4H3. The van der Waals surface area contributed by atoms with Crippen LogP contribution in [0, 0.1) is 0 Å². The van der Waals surface area contributed by atoms with E-state index in [9.17, 15) is 0 Å². The molecular formula is C17H33N3. The molecule has 116 valence electrons. The lowest BCUT2D eigenvalue weighted by Gasteiger charge is -2.20. The molecule has 0 aliphatic carbocycles. The summed E-state index contributed by atoms with van der Waals surface area (Å²) in [6.07, 6.45) is 11.4. The molecular weight excluding hydrogens is 246 g/mol. The Labute approximate surface area is 125 Å². The molecule has 3 nitrogen and oxygen atoms in total. The van der Waals surface area contributed by atoms with Crippen molar-refractivity contribution in [2.75, 3.05) is 0 Å². The monoisotopic (exact) mass is 279 g/mol. The van der Waals surface area contributed by atoms with Crippen LogP contribution >= 0.6 is 0 Å². The van der Waals surface area contributed by atoms with Gasteiger partial charge in [0.15, 0.2) is 0 Å². The second kappa shape index (κ2) is 9.17. The summed E-state index contributed by atoms with van der Waals surface area (Å²) >= 11 is 0. The van der Waals surface area contributed by atoms with Crippen LogP contribution < -0.4 is 5.32 Å². The minimum Gasteiger partial charge on any atom is -0.306 e. The van der Waals surface area contributed by atoms with E-state index < -0.39 is 0 Å². The van der Waals surface area contributed by atoms with Crippen molar-refractivity contribution >= 4 is 0 Å². The number of aromatic nitrogens is 2. The molecule has 0 aromatic carbocycles. The molecule has 0 bridgehead atoms.